The number of likely N-dealkylation sites (N-methyl/N-ethyl adjacent to an activating group) is 1. The van der Waals surface area contributed by atoms with Crippen molar-refractivity contribution in [1.29, 1.82) is 5.26 Å². The van der Waals surface area contributed by atoms with Crippen molar-refractivity contribution in [2.45, 2.75) is 32.3 Å². The average Bonchev–Trinajstić information content (AvgIpc) is 3.14. The summed E-state index contributed by atoms with van der Waals surface area (Å²) in [5.74, 6) is 0.205. The summed E-state index contributed by atoms with van der Waals surface area (Å²) in [4.78, 5) is 17.6. The van der Waals surface area contributed by atoms with Crippen LogP contribution in [0.4, 0.5) is 10.6 Å². The molecule has 3 rings (SSSR count). The number of H-pyrrole nitrogens is 1. The van der Waals surface area contributed by atoms with Crippen LogP contribution in [0.3, 0.4) is 0 Å². The third-order valence-corrected chi connectivity index (χ3v) is 5.40. The smallest absolute Gasteiger partial charge is 0.410 e. The lowest BCUT2D eigenvalue weighted by Crippen LogP contribution is -2.37. The maximum atomic E-state index is 12.4. The van der Waals surface area contributed by atoms with Gasteiger partial charge in [0.05, 0.1) is 30.8 Å². The van der Waals surface area contributed by atoms with Crippen molar-refractivity contribution >= 4 is 27.8 Å². The number of rotatable bonds is 3. The lowest BCUT2D eigenvalue weighted by Gasteiger charge is -2.30. The van der Waals surface area contributed by atoms with E-state index in [-0.39, 0.29) is 6.54 Å². The molecule has 1 aromatic heterocycles. The molecule has 1 aliphatic rings. The molecule has 0 radical (unpaired) electrons. The lowest BCUT2D eigenvalue weighted by atomic mass is 9.86. The van der Waals surface area contributed by atoms with Crippen molar-refractivity contribution in [3.05, 3.63) is 68.4 Å². The standard InChI is InChI=1S/C21H21BrN6O2/c1-21(2,3)30-20(29)28(5)11-15-18(24-4)16(14-10-25-27-19(14)26-15)13-8-6-7-12(9-23)17(13)22/h6-8,10,16H,11H2,1-3,5H3,(H2,25,26,27). The fourth-order valence-electron chi connectivity index (χ4n) is 3.22. The minimum absolute atomic E-state index is 0.150. The number of carbonyl (C=O) groups is 1. The minimum Gasteiger partial charge on any atom is -0.444 e. The van der Waals surface area contributed by atoms with E-state index in [1.807, 2.05) is 6.07 Å². The van der Waals surface area contributed by atoms with Gasteiger partial charge in [-0.15, -0.1) is 0 Å². The molecular formula is C21H21BrN6O2. The zero-order valence-electron chi connectivity index (χ0n) is 17.1. The number of halogens is 1. The molecule has 2 N–H and O–H groups in total. The van der Waals surface area contributed by atoms with Crippen molar-refractivity contribution in [2.24, 2.45) is 0 Å². The van der Waals surface area contributed by atoms with E-state index in [2.05, 4.69) is 42.4 Å². The number of hydrogen-bond donors (Lipinski definition) is 2. The number of anilines is 1. The highest BCUT2D eigenvalue weighted by molar-refractivity contribution is 9.10. The lowest BCUT2D eigenvalue weighted by molar-refractivity contribution is 0.0313. The molecule has 154 valence electrons. The van der Waals surface area contributed by atoms with Crippen LogP contribution < -0.4 is 5.32 Å². The molecule has 2 heterocycles. The molecule has 1 unspecified atom stereocenters. The second kappa shape index (κ2) is 8.21. The van der Waals surface area contributed by atoms with E-state index in [9.17, 15) is 10.1 Å². The Morgan fingerprint density at radius 1 is 1.43 bits per heavy atom. The van der Waals surface area contributed by atoms with E-state index >= 15 is 0 Å². The third kappa shape index (κ3) is 4.17. The molecule has 0 saturated heterocycles. The van der Waals surface area contributed by atoms with Crippen LogP contribution in [0.15, 0.2) is 40.3 Å². The zero-order valence-corrected chi connectivity index (χ0v) is 18.7. The number of aromatic nitrogens is 2. The number of benzene rings is 1. The van der Waals surface area contributed by atoms with Crippen LogP contribution in [0, 0.1) is 17.9 Å². The summed E-state index contributed by atoms with van der Waals surface area (Å²) < 4.78 is 6.05. The van der Waals surface area contributed by atoms with Crippen LogP contribution in [-0.4, -0.2) is 40.4 Å². The maximum absolute atomic E-state index is 12.4. The van der Waals surface area contributed by atoms with Crippen molar-refractivity contribution < 1.29 is 9.53 Å². The highest BCUT2D eigenvalue weighted by Gasteiger charge is 2.34. The van der Waals surface area contributed by atoms with Gasteiger partial charge in [0.1, 0.15) is 17.5 Å². The Kier molecular flexibility index (Phi) is 5.86. The number of amides is 1. The van der Waals surface area contributed by atoms with Gasteiger partial charge in [0, 0.05) is 22.8 Å². The predicted molar refractivity (Wildman–Crippen MR) is 115 cm³/mol. The molecular weight excluding hydrogens is 448 g/mol. The number of hydrogen-bond acceptors (Lipinski definition) is 5. The monoisotopic (exact) mass is 468 g/mol. The number of ether oxygens (including phenoxy) is 1. The van der Waals surface area contributed by atoms with Crippen LogP contribution in [0.1, 0.15) is 43.4 Å². The Morgan fingerprint density at radius 3 is 2.80 bits per heavy atom. The molecule has 1 atom stereocenters. The summed E-state index contributed by atoms with van der Waals surface area (Å²) in [6.45, 7) is 13.4. The van der Waals surface area contributed by atoms with Gasteiger partial charge in [0.15, 0.2) is 5.70 Å². The van der Waals surface area contributed by atoms with Crippen LogP contribution in [0.25, 0.3) is 4.85 Å². The van der Waals surface area contributed by atoms with Gasteiger partial charge in [-0.2, -0.15) is 10.4 Å². The molecule has 8 nitrogen and oxygen atoms in total. The van der Waals surface area contributed by atoms with Crippen LogP contribution in [-0.2, 0) is 4.74 Å². The number of carbonyl (C=O) groups excluding carboxylic acids is 1. The summed E-state index contributed by atoms with van der Waals surface area (Å²) in [6.07, 6.45) is 1.18. The van der Waals surface area contributed by atoms with Crippen molar-refractivity contribution in [3.8, 4) is 6.07 Å². The summed E-state index contributed by atoms with van der Waals surface area (Å²) in [5, 5.41) is 19.6. The highest BCUT2D eigenvalue weighted by atomic mass is 79.9. The van der Waals surface area contributed by atoms with Crippen molar-refractivity contribution in [1.82, 2.24) is 15.1 Å². The van der Waals surface area contributed by atoms with Gasteiger partial charge in [0.25, 0.3) is 0 Å². The van der Waals surface area contributed by atoms with Crippen molar-refractivity contribution in [3.63, 3.8) is 0 Å². The first kappa shape index (κ1) is 21.4. The Balaban J connectivity index is 2.05. The molecule has 0 fully saturated rings. The molecule has 30 heavy (non-hydrogen) atoms. The maximum Gasteiger partial charge on any atom is 0.410 e. The Morgan fingerprint density at radius 2 is 2.17 bits per heavy atom. The van der Waals surface area contributed by atoms with E-state index in [0.29, 0.717) is 27.2 Å². The summed E-state index contributed by atoms with van der Waals surface area (Å²) in [7, 11) is 1.62. The molecule has 0 bridgehead atoms. The fourth-order valence-corrected chi connectivity index (χ4v) is 3.80. The first-order chi connectivity index (χ1) is 14.2. The Bertz CT molecular complexity index is 1100. The second-order valence-electron chi connectivity index (χ2n) is 7.89. The highest BCUT2D eigenvalue weighted by Crippen LogP contribution is 2.44. The van der Waals surface area contributed by atoms with Crippen LogP contribution >= 0.6 is 15.9 Å². The van der Waals surface area contributed by atoms with E-state index in [0.717, 1.165) is 11.1 Å². The van der Waals surface area contributed by atoms with Gasteiger partial charge in [0.2, 0.25) is 0 Å². The van der Waals surface area contributed by atoms with Crippen LogP contribution in [0.5, 0.6) is 0 Å². The molecule has 0 saturated carbocycles. The third-order valence-electron chi connectivity index (χ3n) is 4.52. The Hall–Kier alpha value is -3.30. The van der Waals surface area contributed by atoms with Gasteiger partial charge in [-0.05, 0) is 48.3 Å². The quantitative estimate of drug-likeness (QED) is 0.641. The number of nitriles is 1. The molecule has 1 amide bonds. The van der Waals surface area contributed by atoms with Crippen LogP contribution in [0.2, 0.25) is 0 Å². The first-order valence-corrected chi connectivity index (χ1v) is 9.99. The van der Waals surface area contributed by atoms with E-state index in [4.69, 9.17) is 11.3 Å². The summed E-state index contributed by atoms with van der Waals surface area (Å²) in [6, 6.07) is 7.53. The van der Waals surface area contributed by atoms with E-state index < -0.39 is 17.6 Å². The second-order valence-corrected chi connectivity index (χ2v) is 8.68. The SMILES string of the molecule is [C-]#[N+]C1=C(CN(C)C(=O)OC(C)(C)C)Nc2[nH]ncc2C1c1cccc(C#N)c1Br. The largest absolute Gasteiger partial charge is 0.444 e. The number of nitrogens with zero attached hydrogens (tertiary/aromatic N) is 4. The predicted octanol–water partition coefficient (Wildman–Crippen LogP) is 4.60. The summed E-state index contributed by atoms with van der Waals surface area (Å²) >= 11 is 3.52. The topological polar surface area (TPSA) is 98.4 Å². The molecule has 0 spiro atoms. The number of fused-ring (bicyclic) bond motifs is 1. The molecule has 0 aliphatic carbocycles. The Labute approximate surface area is 183 Å². The number of allylic oxidation sites excluding steroid dienone is 1. The van der Waals surface area contributed by atoms with Gasteiger partial charge in [-0.1, -0.05) is 12.1 Å². The van der Waals surface area contributed by atoms with E-state index in [1.165, 1.54) is 4.90 Å². The van der Waals surface area contributed by atoms with Gasteiger partial charge in [-0.3, -0.25) is 5.10 Å². The fraction of sp³-hybridized carbons (Fsp3) is 0.333. The van der Waals surface area contributed by atoms with Gasteiger partial charge >= 0.3 is 6.09 Å². The molecule has 1 aliphatic heterocycles. The van der Waals surface area contributed by atoms with E-state index in [1.54, 1.807) is 46.1 Å². The average molecular weight is 469 g/mol. The molecule has 2 aromatic rings. The minimum atomic E-state index is -0.621. The number of nitrogens with one attached hydrogen (secondary N) is 2. The first-order valence-electron chi connectivity index (χ1n) is 9.19. The molecule has 9 heteroatoms. The number of aromatic amines is 1. The molecule has 1 aromatic carbocycles. The normalized spacial score (nSPS) is 15.5. The summed E-state index contributed by atoms with van der Waals surface area (Å²) in [5.41, 5.74) is 2.42. The zero-order chi connectivity index (χ0) is 22.1. The van der Waals surface area contributed by atoms with Gasteiger partial charge in [-0.25, -0.2) is 9.64 Å². The van der Waals surface area contributed by atoms with Gasteiger partial charge < -0.3 is 15.0 Å². The van der Waals surface area contributed by atoms with Crippen molar-refractivity contribution in [2.75, 3.05) is 18.9 Å².